The first kappa shape index (κ1) is 16.0. The maximum Gasteiger partial charge on any atom is 0.123 e. The van der Waals surface area contributed by atoms with Gasteiger partial charge in [-0.15, -0.1) is 0 Å². The van der Waals surface area contributed by atoms with Crippen LogP contribution < -0.4 is 10.2 Å². The highest BCUT2D eigenvalue weighted by Gasteiger charge is 2.34. The predicted octanol–water partition coefficient (Wildman–Crippen LogP) is 3.07. The van der Waals surface area contributed by atoms with Crippen LogP contribution in [0.3, 0.4) is 0 Å². The van der Waals surface area contributed by atoms with Gasteiger partial charge in [-0.1, -0.05) is 37.3 Å². The average molecular weight is 314 g/mol. The van der Waals surface area contributed by atoms with E-state index in [0.717, 1.165) is 17.8 Å². The lowest BCUT2D eigenvalue weighted by molar-refractivity contribution is 0.140. The molecule has 4 heteroatoms. The van der Waals surface area contributed by atoms with Gasteiger partial charge in [-0.25, -0.2) is 4.39 Å². The van der Waals surface area contributed by atoms with Crippen molar-refractivity contribution in [3.05, 3.63) is 65.5 Å². The van der Waals surface area contributed by atoms with Crippen LogP contribution in [0.1, 0.15) is 30.0 Å². The summed E-state index contributed by atoms with van der Waals surface area (Å²) < 4.78 is 13.7. The van der Waals surface area contributed by atoms with Crippen LogP contribution in [-0.4, -0.2) is 31.3 Å². The molecule has 1 aliphatic rings. The van der Waals surface area contributed by atoms with Gasteiger partial charge in [-0.2, -0.15) is 0 Å². The molecule has 0 fully saturated rings. The van der Waals surface area contributed by atoms with Crippen molar-refractivity contribution < 1.29 is 9.50 Å². The van der Waals surface area contributed by atoms with Crippen LogP contribution in [0.15, 0.2) is 48.5 Å². The summed E-state index contributed by atoms with van der Waals surface area (Å²) in [6, 6.07) is 14.5. The molecule has 1 heterocycles. The van der Waals surface area contributed by atoms with Crippen molar-refractivity contribution in [2.24, 2.45) is 0 Å². The number of nitrogens with one attached hydrogen (secondary N) is 1. The summed E-state index contributed by atoms with van der Waals surface area (Å²) in [5, 5.41) is 13.7. The van der Waals surface area contributed by atoms with Crippen molar-refractivity contribution in [3.63, 3.8) is 0 Å². The highest BCUT2D eigenvalue weighted by molar-refractivity contribution is 5.61. The molecule has 1 aliphatic heterocycles. The number of likely N-dealkylation sites (N-methyl/N-ethyl adjacent to an activating group) is 1. The van der Waals surface area contributed by atoms with Crippen molar-refractivity contribution in [1.29, 1.82) is 0 Å². The Labute approximate surface area is 136 Å². The Kier molecular flexibility index (Phi) is 4.64. The lowest BCUT2D eigenvalue weighted by Crippen LogP contribution is -2.40. The summed E-state index contributed by atoms with van der Waals surface area (Å²) in [6.45, 7) is 3.46. The summed E-state index contributed by atoms with van der Waals surface area (Å²) >= 11 is 0. The predicted molar refractivity (Wildman–Crippen MR) is 91.3 cm³/mol. The zero-order valence-corrected chi connectivity index (χ0v) is 13.5. The molecule has 0 aliphatic carbocycles. The fraction of sp³-hybridized carbons (Fsp3) is 0.368. The first-order valence-electron chi connectivity index (χ1n) is 8.05. The van der Waals surface area contributed by atoms with E-state index < -0.39 is 6.10 Å². The quantitative estimate of drug-likeness (QED) is 0.890. The Morgan fingerprint density at radius 3 is 2.78 bits per heavy atom. The van der Waals surface area contributed by atoms with Gasteiger partial charge < -0.3 is 15.3 Å². The molecule has 2 N–H and O–H groups in total. The van der Waals surface area contributed by atoms with Crippen LogP contribution in [0.2, 0.25) is 0 Å². The van der Waals surface area contributed by atoms with Crippen LogP contribution in [0.5, 0.6) is 0 Å². The van der Waals surface area contributed by atoms with E-state index in [9.17, 15) is 9.50 Å². The van der Waals surface area contributed by atoms with Crippen molar-refractivity contribution >= 4 is 5.69 Å². The molecule has 0 spiro atoms. The SMILES string of the molecule is CNC[C@@H](O)[C@@H](c1cccc(F)c1)N1CC(C)c2ccccc21. The molecule has 3 nitrogen and oxygen atoms in total. The standard InChI is InChI=1S/C19H23FN2O/c1-13-12-22(17-9-4-3-8-16(13)17)19(18(23)11-21-2)14-6-5-7-15(20)10-14/h3-10,13,18-19,21,23H,11-12H2,1-2H3/t13?,18-,19-/m1/s1. The highest BCUT2D eigenvalue weighted by Crippen LogP contribution is 2.41. The normalized spacial score (nSPS) is 19.5. The molecule has 0 saturated heterocycles. The fourth-order valence-electron chi connectivity index (χ4n) is 3.54. The monoisotopic (exact) mass is 314 g/mol. The molecule has 0 saturated carbocycles. The van der Waals surface area contributed by atoms with Crippen molar-refractivity contribution in [1.82, 2.24) is 5.32 Å². The van der Waals surface area contributed by atoms with Gasteiger partial charge in [-0.05, 0) is 36.4 Å². The zero-order valence-electron chi connectivity index (χ0n) is 13.5. The molecule has 3 rings (SSSR count). The summed E-state index contributed by atoms with van der Waals surface area (Å²) in [4.78, 5) is 2.21. The van der Waals surface area contributed by atoms with E-state index in [1.54, 1.807) is 6.07 Å². The molecule has 0 amide bonds. The molecule has 0 bridgehead atoms. The van der Waals surface area contributed by atoms with Crippen LogP contribution in [0.4, 0.5) is 10.1 Å². The summed E-state index contributed by atoms with van der Waals surface area (Å²) in [5.74, 6) is 0.119. The number of hydrogen-bond acceptors (Lipinski definition) is 3. The number of rotatable bonds is 5. The number of anilines is 1. The van der Waals surface area contributed by atoms with Gasteiger partial charge in [0.1, 0.15) is 5.82 Å². The zero-order chi connectivity index (χ0) is 16.4. The molecule has 122 valence electrons. The Hall–Kier alpha value is -1.91. The Morgan fingerprint density at radius 1 is 1.26 bits per heavy atom. The van der Waals surface area contributed by atoms with E-state index in [0.29, 0.717) is 12.5 Å². The van der Waals surface area contributed by atoms with Crippen LogP contribution in [0, 0.1) is 5.82 Å². The number of aliphatic hydroxyl groups is 1. The molecular formula is C19H23FN2O. The van der Waals surface area contributed by atoms with Gasteiger partial charge in [0, 0.05) is 24.7 Å². The van der Waals surface area contributed by atoms with E-state index in [1.807, 2.05) is 25.2 Å². The third-order valence-electron chi connectivity index (χ3n) is 4.55. The second-order valence-corrected chi connectivity index (χ2v) is 6.24. The number of hydrogen-bond donors (Lipinski definition) is 2. The van der Waals surface area contributed by atoms with Gasteiger partial charge in [0.15, 0.2) is 0 Å². The average Bonchev–Trinajstić information content (AvgIpc) is 2.86. The minimum atomic E-state index is -0.625. The molecule has 23 heavy (non-hydrogen) atoms. The third-order valence-corrected chi connectivity index (χ3v) is 4.55. The largest absolute Gasteiger partial charge is 0.389 e. The molecule has 2 aromatic carbocycles. The number of para-hydroxylation sites is 1. The summed E-state index contributed by atoms with van der Waals surface area (Å²) in [6.07, 6.45) is -0.625. The summed E-state index contributed by atoms with van der Waals surface area (Å²) in [7, 11) is 1.81. The van der Waals surface area contributed by atoms with Crippen LogP contribution in [0.25, 0.3) is 0 Å². The Morgan fingerprint density at radius 2 is 2.04 bits per heavy atom. The van der Waals surface area contributed by atoms with Gasteiger partial charge >= 0.3 is 0 Å². The second-order valence-electron chi connectivity index (χ2n) is 6.24. The summed E-state index contributed by atoms with van der Waals surface area (Å²) in [5.41, 5.74) is 3.21. The van der Waals surface area contributed by atoms with E-state index in [4.69, 9.17) is 0 Å². The molecule has 0 radical (unpaired) electrons. The second kappa shape index (κ2) is 6.69. The Balaban J connectivity index is 2.03. The van der Waals surface area contributed by atoms with Crippen LogP contribution >= 0.6 is 0 Å². The third kappa shape index (κ3) is 3.09. The Bertz CT molecular complexity index is 676. The van der Waals surface area contributed by atoms with Gasteiger partial charge in [0.2, 0.25) is 0 Å². The molecule has 1 unspecified atom stereocenters. The fourth-order valence-corrected chi connectivity index (χ4v) is 3.54. The number of halogens is 1. The molecule has 3 atom stereocenters. The van der Waals surface area contributed by atoms with Gasteiger partial charge in [-0.3, -0.25) is 0 Å². The smallest absolute Gasteiger partial charge is 0.123 e. The van der Waals surface area contributed by atoms with Crippen molar-refractivity contribution in [2.45, 2.75) is 25.0 Å². The number of fused-ring (bicyclic) bond motifs is 1. The van der Waals surface area contributed by atoms with Gasteiger partial charge in [0.05, 0.1) is 12.1 Å². The molecule has 2 aromatic rings. The van der Waals surface area contributed by atoms with Crippen molar-refractivity contribution in [3.8, 4) is 0 Å². The van der Waals surface area contributed by atoms with Crippen molar-refractivity contribution in [2.75, 3.05) is 25.0 Å². The van der Waals surface area contributed by atoms with E-state index in [1.165, 1.54) is 17.7 Å². The topological polar surface area (TPSA) is 35.5 Å². The number of aliphatic hydroxyl groups excluding tert-OH is 1. The maximum absolute atomic E-state index is 13.7. The highest BCUT2D eigenvalue weighted by atomic mass is 19.1. The molecular weight excluding hydrogens is 291 g/mol. The number of benzene rings is 2. The first-order chi connectivity index (χ1) is 11.1. The van der Waals surface area contributed by atoms with E-state index in [-0.39, 0.29) is 11.9 Å². The maximum atomic E-state index is 13.7. The van der Waals surface area contributed by atoms with Crippen LogP contribution in [-0.2, 0) is 0 Å². The van der Waals surface area contributed by atoms with E-state index >= 15 is 0 Å². The lowest BCUT2D eigenvalue weighted by Gasteiger charge is -2.34. The number of nitrogens with zero attached hydrogens (tertiary/aromatic N) is 1. The minimum Gasteiger partial charge on any atom is -0.389 e. The molecule has 0 aromatic heterocycles. The minimum absolute atomic E-state index is 0.273. The van der Waals surface area contributed by atoms with E-state index in [2.05, 4.69) is 29.3 Å². The lowest BCUT2D eigenvalue weighted by atomic mass is 9.99. The van der Waals surface area contributed by atoms with Gasteiger partial charge in [0.25, 0.3) is 0 Å². The first-order valence-corrected chi connectivity index (χ1v) is 8.05.